The van der Waals surface area contributed by atoms with Crippen molar-refractivity contribution < 1.29 is 26.8 Å². The van der Waals surface area contributed by atoms with Crippen LogP contribution in [-0.4, -0.2) is 43.8 Å². The average Bonchev–Trinajstić information content (AvgIpc) is 3.56. The van der Waals surface area contributed by atoms with E-state index >= 15 is 4.39 Å². The molecule has 1 aliphatic rings. The standard InChI is InChI=1S/C36H37F2N3O4S/c1-26-15-21-32(22-16-26)46(44,45)41(31-19-17-29(37)18-20-31)25-35(42)40(24-28-11-5-8-14-33(28)38)34(23-27-9-3-2-4-10-27)36(43)39-30-12-6-7-13-30/h2-5,8-11,14-22,30,34H,6-7,12-13,23-25H2,1H3,(H,39,43)/t34-/m0/s1. The van der Waals surface area contributed by atoms with Crippen LogP contribution in [0.3, 0.4) is 0 Å². The van der Waals surface area contributed by atoms with E-state index in [0.717, 1.165) is 53.2 Å². The zero-order valence-electron chi connectivity index (χ0n) is 25.6. The maximum atomic E-state index is 15.1. The van der Waals surface area contributed by atoms with Crippen molar-refractivity contribution in [3.05, 3.63) is 131 Å². The molecule has 1 atom stereocenters. The molecule has 46 heavy (non-hydrogen) atoms. The Balaban J connectivity index is 1.57. The fourth-order valence-electron chi connectivity index (χ4n) is 5.71. The molecule has 0 aliphatic heterocycles. The lowest BCUT2D eigenvalue weighted by Crippen LogP contribution is -2.54. The van der Waals surface area contributed by atoms with Gasteiger partial charge in [0.1, 0.15) is 24.2 Å². The van der Waals surface area contributed by atoms with Gasteiger partial charge in [0.05, 0.1) is 10.6 Å². The van der Waals surface area contributed by atoms with Crippen LogP contribution < -0.4 is 9.62 Å². The smallest absolute Gasteiger partial charge is 0.264 e. The van der Waals surface area contributed by atoms with Gasteiger partial charge in [0.25, 0.3) is 10.0 Å². The van der Waals surface area contributed by atoms with Gasteiger partial charge in [0.15, 0.2) is 0 Å². The highest BCUT2D eigenvalue weighted by Gasteiger charge is 2.36. The molecule has 1 aliphatic carbocycles. The molecule has 0 saturated heterocycles. The van der Waals surface area contributed by atoms with Gasteiger partial charge >= 0.3 is 0 Å². The number of nitrogens with one attached hydrogen (secondary N) is 1. The molecule has 7 nitrogen and oxygen atoms in total. The summed E-state index contributed by atoms with van der Waals surface area (Å²) in [5.74, 6) is -2.24. The van der Waals surface area contributed by atoms with E-state index in [1.54, 1.807) is 18.2 Å². The fourth-order valence-corrected chi connectivity index (χ4v) is 7.12. The molecular formula is C36H37F2N3O4S. The molecule has 0 radical (unpaired) electrons. The van der Waals surface area contributed by atoms with E-state index in [2.05, 4.69) is 5.32 Å². The number of carbonyl (C=O) groups is 2. The minimum absolute atomic E-state index is 0.0474. The Morgan fingerprint density at radius 2 is 1.48 bits per heavy atom. The largest absolute Gasteiger partial charge is 0.352 e. The lowest BCUT2D eigenvalue weighted by atomic mass is 10.0. The Hall–Kier alpha value is -4.57. The van der Waals surface area contributed by atoms with Crippen molar-refractivity contribution in [1.29, 1.82) is 0 Å². The molecular weight excluding hydrogens is 608 g/mol. The van der Waals surface area contributed by atoms with E-state index in [1.165, 1.54) is 47.4 Å². The van der Waals surface area contributed by atoms with Gasteiger partial charge in [-0.3, -0.25) is 13.9 Å². The first kappa shape index (κ1) is 32.8. The minimum Gasteiger partial charge on any atom is -0.352 e. The van der Waals surface area contributed by atoms with Crippen LogP contribution in [0.2, 0.25) is 0 Å². The third-order valence-electron chi connectivity index (χ3n) is 8.27. The van der Waals surface area contributed by atoms with Crippen LogP contribution in [0.1, 0.15) is 42.4 Å². The van der Waals surface area contributed by atoms with Crippen LogP contribution in [0, 0.1) is 18.6 Å². The molecule has 0 bridgehead atoms. The molecule has 0 aromatic heterocycles. The summed E-state index contributed by atoms with van der Waals surface area (Å²) in [5.41, 5.74) is 1.87. The summed E-state index contributed by atoms with van der Waals surface area (Å²) in [5, 5.41) is 3.09. The van der Waals surface area contributed by atoms with Gasteiger partial charge < -0.3 is 10.2 Å². The first-order chi connectivity index (χ1) is 22.1. The second-order valence-electron chi connectivity index (χ2n) is 11.6. The predicted molar refractivity (Wildman–Crippen MR) is 173 cm³/mol. The van der Waals surface area contributed by atoms with E-state index in [1.807, 2.05) is 37.3 Å². The number of benzene rings is 4. The van der Waals surface area contributed by atoms with E-state index < -0.39 is 46.1 Å². The van der Waals surface area contributed by atoms with Crippen molar-refractivity contribution in [2.24, 2.45) is 0 Å². The molecule has 0 spiro atoms. The van der Waals surface area contributed by atoms with Gasteiger partial charge in [-0.25, -0.2) is 17.2 Å². The van der Waals surface area contributed by atoms with Gasteiger partial charge in [-0.1, -0.05) is 79.1 Å². The Kier molecular flexibility index (Phi) is 10.5. The lowest BCUT2D eigenvalue weighted by molar-refractivity contribution is -0.140. The quantitative estimate of drug-likeness (QED) is 0.200. The monoisotopic (exact) mass is 645 g/mol. The van der Waals surface area contributed by atoms with Gasteiger partial charge in [0, 0.05) is 24.6 Å². The van der Waals surface area contributed by atoms with Crippen LogP contribution in [0.15, 0.2) is 108 Å². The molecule has 0 unspecified atom stereocenters. The average molecular weight is 646 g/mol. The first-order valence-electron chi connectivity index (χ1n) is 15.3. The number of halogens is 2. The van der Waals surface area contributed by atoms with Crippen LogP contribution >= 0.6 is 0 Å². The van der Waals surface area contributed by atoms with E-state index in [9.17, 15) is 22.4 Å². The van der Waals surface area contributed by atoms with Crippen LogP contribution in [0.4, 0.5) is 14.5 Å². The summed E-state index contributed by atoms with van der Waals surface area (Å²) in [7, 11) is -4.33. The summed E-state index contributed by atoms with van der Waals surface area (Å²) in [6.07, 6.45) is 3.72. The second-order valence-corrected chi connectivity index (χ2v) is 13.5. The molecule has 240 valence electrons. The Bertz CT molecular complexity index is 1740. The topological polar surface area (TPSA) is 86.8 Å². The van der Waals surface area contributed by atoms with E-state index in [0.29, 0.717) is 0 Å². The Morgan fingerprint density at radius 1 is 0.848 bits per heavy atom. The summed E-state index contributed by atoms with van der Waals surface area (Å²) < 4.78 is 58.0. The number of rotatable bonds is 12. The highest BCUT2D eigenvalue weighted by Crippen LogP contribution is 2.26. The maximum absolute atomic E-state index is 15.1. The number of hydrogen-bond donors (Lipinski definition) is 1. The zero-order chi connectivity index (χ0) is 32.7. The summed E-state index contributed by atoms with van der Waals surface area (Å²) in [6, 6.07) is 25.0. The van der Waals surface area contributed by atoms with Crippen molar-refractivity contribution in [3.63, 3.8) is 0 Å². The van der Waals surface area contributed by atoms with Gasteiger partial charge in [-0.15, -0.1) is 0 Å². The van der Waals surface area contributed by atoms with Crippen LogP contribution in [0.5, 0.6) is 0 Å². The molecule has 1 fully saturated rings. The molecule has 5 rings (SSSR count). The SMILES string of the molecule is Cc1ccc(S(=O)(=O)N(CC(=O)N(Cc2ccccc2F)[C@@H](Cc2ccccc2)C(=O)NC2CCCC2)c2ccc(F)cc2)cc1. The number of amides is 2. The van der Waals surface area contributed by atoms with Crippen molar-refractivity contribution in [2.75, 3.05) is 10.8 Å². The van der Waals surface area contributed by atoms with Gasteiger partial charge in [-0.2, -0.15) is 0 Å². The number of anilines is 1. The van der Waals surface area contributed by atoms with Crippen molar-refractivity contribution in [1.82, 2.24) is 10.2 Å². The van der Waals surface area contributed by atoms with Crippen molar-refractivity contribution in [2.45, 2.75) is 62.6 Å². The summed E-state index contributed by atoms with van der Waals surface area (Å²) >= 11 is 0. The van der Waals surface area contributed by atoms with E-state index in [-0.39, 0.29) is 35.2 Å². The molecule has 2 amide bonds. The Morgan fingerprint density at radius 3 is 2.13 bits per heavy atom. The van der Waals surface area contributed by atoms with Crippen LogP contribution in [0.25, 0.3) is 0 Å². The molecule has 4 aromatic rings. The second kappa shape index (κ2) is 14.7. The normalized spacial score (nSPS) is 14.1. The van der Waals surface area contributed by atoms with Crippen molar-refractivity contribution in [3.8, 4) is 0 Å². The maximum Gasteiger partial charge on any atom is 0.264 e. The number of nitrogens with zero attached hydrogens (tertiary/aromatic N) is 2. The van der Waals surface area contributed by atoms with Gasteiger partial charge in [0.2, 0.25) is 11.8 Å². The predicted octanol–water partition coefficient (Wildman–Crippen LogP) is 6.17. The number of aryl methyl sites for hydroxylation is 1. The molecule has 4 aromatic carbocycles. The fraction of sp³-hybridized carbons (Fsp3) is 0.278. The van der Waals surface area contributed by atoms with Crippen LogP contribution in [-0.2, 0) is 32.6 Å². The third-order valence-corrected chi connectivity index (χ3v) is 10.1. The molecule has 1 N–H and O–H groups in total. The third kappa shape index (κ3) is 7.98. The molecule has 1 saturated carbocycles. The van der Waals surface area contributed by atoms with E-state index in [4.69, 9.17) is 0 Å². The highest BCUT2D eigenvalue weighted by molar-refractivity contribution is 7.92. The highest BCUT2D eigenvalue weighted by atomic mass is 32.2. The minimum atomic E-state index is -4.33. The summed E-state index contributed by atoms with van der Waals surface area (Å²) in [6.45, 7) is 0.836. The van der Waals surface area contributed by atoms with Crippen molar-refractivity contribution >= 4 is 27.5 Å². The number of sulfonamides is 1. The number of carbonyl (C=O) groups excluding carboxylic acids is 2. The first-order valence-corrected chi connectivity index (χ1v) is 16.8. The van der Waals surface area contributed by atoms with Gasteiger partial charge in [-0.05, 0) is 67.8 Å². The molecule has 0 heterocycles. The zero-order valence-corrected chi connectivity index (χ0v) is 26.4. The molecule has 10 heteroatoms. The number of hydrogen-bond acceptors (Lipinski definition) is 4. The lowest BCUT2D eigenvalue weighted by Gasteiger charge is -2.34. The summed E-state index contributed by atoms with van der Waals surface area (Å²) in [4.78, 5) is 29.7. The Labute approximate surface area is 268 Å².